The van der Waals surface area contributed by atoms with E-state index < -0.39 is 118 Å². The van der Waals surface area contributed by atoms with Crippen molar-refractivity contribution >= 4 is 58.7 Å². The Morgan fingerprint density at radius 3 is 1.06 bits per heavy atom. The summed E-state index contributed by atoms with van der Waals surface area (Å²) < 4.78 is 21.8. The molecule has 6 bridgehead atoms. The number of nitrogens with zero attached hydrogens (tertiary/aromatic N) is 3. The fraction of sp³-hybridized carbons (Fsp3) is 0.679. The van der Waals surface area contributed by atoms with Crippen LogP contribution in [0.3, 0.4) is 0 Å². The molecule has 30 heteroatoms. The Balaban J connectivity index is 0.000000141. The number of benzene rings is 3. The largest absolute Gasteiger partial charge is 1.00 e. The monoisotopic (exact) mass is 1700 g/mol. The molecule has 3 aromatic rings. The fourth-order valence-corrected chi connectivity index (χ4v) is 23.7. The first-order chi connectivity index (χ1) is 49.8. The van der Waals surface area contributed by atoms with E-state index in [0.717, 1.165) is 111 Å². The second-order valence-corrected chi connectivity index (χ2v) is 35.2. The van der Waals surface area contributed by atoms with Crippen molar-refractivity contribution < 1.29 is 168 Å². The standard InChI is InChI=1S/2C26H34N2O7.C26H32N2O7.3BrH/c3*1-28(13-14-2-3-14)11-10-25-21-15-4-5-16(27-17(24(32)33)6-7-20(30)31)22(21)35-23(25)18(29)8-9-26(25,34)19(28)12-15;;;/h2*4-5,14,17-19,23,27,29,34H,2-3,6-13H2,1H3,(H-,30,31,32,33);4-5,14,17,19,23,27,34H,2-3,6-13H2,1H3,(H-,30,31,32,33);3*1H/t17-,18+,19+,23-,25-,26+,28?;17-,18-,19+,23-,25-,26+,28?;17-,19+,23-,25-,26+,28?;;;/m000.../s1. The minimum atomic E-state index is -1.15. The molecule has 9 aliphatic carbocycles. The molecule has 3 saturated heterocycles. The van der Waals surface area contributed by atoms with Crippen molar-refractivity contribution in [1.29, 1.82) is 0 Å². The van der Waals surface area contributed by atoms with Crippen LogP contribution in [0.15, 0.2) is 36.4 Å². The van der Waals surface area contributed by atoms with Gasteiger partial charge >= 0.3 is 35.8 Å². The number of ether oxygens (including phenoxy) is 3. The Bertz CT molecular complexity index is 3980. The number of Topliss-reactive ketones (excluding diaryl/α,β-unsaturated/α-hetero) is 1. The second-order valence-electron chi connectivity index (χ2n) is 35.2. The molecule has 3 aromatic carbocycles. The fourth-order valence-electron chi connectivity index (χ4n) is 23.7. The number of hydrogen-bond acceptors (Lipinski definition) is 18. The number of quaternary nitrogens is 3. The van der Waals surface area contributed by atoms with Gasteiger partial charge in [-0.05, 0) is 125 Å². The summed E-state index contributed by atoms with van der Waals surface area (Å²) in [4.78, 5) is 81.9. The summed E-state index contributed by atoms with van der Waals surface area (Å²) >= 11 is 0. The van der Waals surface area contributed by atoms with Crippen molar-refractivity contribution in [2.75, 3.05) is 76.4 Å². The SMILES string of the molecule is C[N+]1(CC2CC2)CC[C@]23c4c5ccc(N[C@@H](CCC(=O)O)C(=O)O)c4O[C@H]2C(=O)CC[C@@]3(O)[C@H]1C5.C[N+]1(CC2CC2)CC[C@]23c4c5ccc(N[C@@H](CCC(=O)O)C(=O)O)c4O[C@H]2[C@@H](O)CC[C@@]3(O)[C@H]1C5.C[N+]1(CC2CC2)CC[C@]23c4c5ccc(N[C@@H](CCC(=O)O)C(=O)O)c4O[C@H]2[C@H](O)CC[C@@]3(O)[C@H]1C5.[Br-].[Br-].[Br-]. The number of carbonyl (C=O) groups is 7. The van der Waals surface area contributed by atoms with E-state index in [0.29, 0.717) is 98.0 Å². The third-order valence-corrected chi connectivity index (χ3v) is 29.1. The number of nitrogens with one attached hydrogen (secondary N) is 3. The number of anilines is 3. The van der Waals surface area contributed by atoms with Crippen LogP contribution in [0.1, 0.15) is 168 Å². The van der Waals surface area contributed by atoms with Crippen LogP contribution in [0.25, 0.3) is 0 Å². The predicted molar refractivity (Wildman–Crippen MR) is 375 cm³/mol. The van der Waals surface area contributed by atoms with Gasteiger partial charge in [0.1, 0.15) is 82.5 Å². The van der Waals surface area contributed by atoms with Gasteiger partial charge in [0.2, 0.25) is 0 Å². The first-order valence-corrected chi connectivity index (χ1v) is 38.5. The van der Waals surface area contributed by atoms with Gasteiger partial charge in [-0.25, -0.2) is 14.4 Å². The highest BCUT2D eigenvalue weighted by molar-refractivity contribution is 5.91. The molecule has 18 rings (SSSR count). The van der Waals surface area contributed by atoms with E-state index in [1.807, 2.05) is 30.3 Å². The number of piperidine rings is 3. The van der Waals surface area contributed by atoms with Crippen LogP contribution in [0.2, 0.25) is 0 Å². The highest BCUT2D eigenvalue weighted by Crippen LogP contribution is 2.70. The number of hydrogen-bond donors (Lipinski definition) is 14. The lowest BCUT2D eigenvalue weighted by atomic mass is 9.48. The number of likely N-dealkylation sites (tertiary alicyclic amines) is 3. The lowest BCUT2D eigenvalue weighted by Crippen LogP contribution is -3.00. The summed E-state index contributed by atoms with van der Waals surface area (Å²) in [5.41, 5.74) is 2.03. The van der Waals surface area contributed by atoms with Crippen LogP contribution in [0.5, 0.6) is 17.2 Å². The van der Waals surface area contributed by atoms with Gasteiger partial charge in [-0.1, -0.05) is 18.2 Å². The number of likely N-dealkylation sites (N-methyl/N-ethyl adjacent to an activating group) is 3. The topological polar surface area (TPSA) is 406 Å². The smallest absolute Gasteiger partial charge is 0.326 e. The van der Waals surface area contributed by atoms with Crippen molar-refractivity contribution in [3.8, 4) is 17.2 Å². The van der Waals surface area contributed by atoms with E-state index >= 15 is 0 Å². The molecular weight excluding hydrogens is 1600 g/mol. The van der Waals surface area contributed by atoms with Gasteiger partial charge in [0.25, 0.3) is 0 Å². The normalized spacial score (nSPS) is 37.6. The third kappa shape index (κ3) is 12.3. The van der Waals surface area contributed by atoms with E-state index in [-0.39, 0.29) is 120 Å². The Morgan fingerprint density at radius 1 is 0.444 bits per heavy atom. The van der Waals surface area contributed by atoms with E-state index in [1.165, 1.54) is 38.5 Å². The molecular formula is C78H103Br3N6O21. The van der Waals surface area contributed by atoms with E-state index in [1.54, 1.807) is 6.07 Å². The highest BCUT2D eigenvalue weighted by atomic mass is 79.9. The summed E-state index contributed by atoms with van der Waals surface area (Å²) in [6.07, 6.45) is 9.94. The molecule has 0 radical (unpaired) electrons. The van der Waals surface area contributed by atoms with Gasteiger partial charge in [0, 0.05) is 98.7 Å². The van der Waals surface area contributed by atoms with E-state index in [9.17, 15) is 74.4 Å². The Hall–Kier alpha value is -5.93. The number of carboxylic acids is 6. The van der Waals surface area contributed by atoms with Gasteiger partial charge in [0.05, 0.1) is 106 Å². The number of aliphatic carboxylic acids is 6. The molecule has 14 N–H and O–H groups in total. The molecule has 6 aliphatic heterocycles. The van der Waals surface area contributed by atoms with E-state index in [2.05, 4.69) is 37.1 Å². The number of rotatable bonds is 24. The van der Waals surface area contributed by atoms with Gasteiger partial charge in [-0.3, -0.25) is 19.2 Å². The molecule has 15 aliphatic rings. The lowest BCUT2D eigenvalue weighted by Gasteiger charge is -2.65. The van der Waals surface area contributed by atoms with Crippen LogP contribution in [0.4, 0.5) is 17.1 Å². The van der Waals surface area contributed by atoms with Gasteiger partial charge in [-0.15, -0.1) is 0 Å². The van der Waals surface area contributed by atoms with Crippen LogP contribution in [0, 0.1) is 17.8 Å². The molecule has 9 fully saturated rings. The maximum Gasteiger partial charge on any atom is 0.326 e. The highest BCUT2D eigenvalue weighted by Gasteiger charge is 2.80. The van der Waals surface area contributed by atoms with E-state index in [4.69, 9.17) is 29.5 Å². The number of ketones is 1. The maximum atomic E-state index is 13.2. The number of carbonyl (C=O) groups excluding carboxylic acids is 1. The minimum absolute atomic E-state index is 0. The summed E-state index contributed by atoms with van der Waals surface area (Å²) in [5, 5.41) is 125. The summed E-state index contributed by atoms with van der Waals surface area (Å²) in [6.45, 7) is 5.87. The molecule has 3 unspecified atom stereocenters. The van der Waals surface area contributed by atoms with Crippen LogP contribution >= 0.6 is 0 Å². The Kier molecular flexibility index (Phi) is 21.0. The quantitative estimate of drug-likeness (QED) is 0.0377. The number of carboxylic acid groups (broad SMARTS) is 6. The molecule has 6 saturated carbocycles. The number of aliphatic hydroxyl groups excluding tert-OH is 2. The van der Waals surface area contributed by atoms with Crippen LogP contribution in [-0.4, -0.2) is 255 Å². The Labute approximate surface area is 658 Å². The summed E-state index contributed by atoms with van der Waals surface area (Å²) in [7, 11) is 6.83. The predicted octanol–water partition coefficient (Wildman–Crippen LogP) is -4.32. The van der Waals surface area contributed by atoms with Gasteiger partial charge < -0.3 is 151 Å². The van der Waals surface area contributed by atoms with Crippen molar-refractivity contribution in [3.05, 3.63) is 69.8 Å². The zero-order chi connectivity index (χ0) is 74.3. The van der Waals surface area contributed by atoms with Crippen molar-refractivity contribution in [1.82, 2.24) is 0 Å². The zero-order valence-electron chi connectivity index (χ0n) is 61.2. The zero-order valence-corrected chi connectivity index (χ0v) is 66.0. The molecule has 6 heterocycles. The average molecular weight is 1700 g/mol. The number of halogens is 3. The van der Waals surface area contributed by atoms with Gasteiger partial charge in [0.15, 0.2) is 11.9 Å². The Morgan fingerprint density at radius 2 is 0.750 bits per heavy atom. The second kappa shape index (κ2) is 28.3. The minimum Gasteiger partial charge on any atom is -1.00 e. The first kappa shape index (κ1) is 80.1. The molecule has 20 atom stereocenters. The first-order valence-electron chi connectivity index (χ1n) is 38.5. The number of aliphatic hydroxyl groups is 5. The molecule has 27 nitrogen and oxygen atoms in total. The molecule has 3 spiro atoms. The molecule has 592 valence electrons. The van der Waals surface area contributed by atoms with Crippen LogP contribution < -0.4 is 81.1 Å². The average Bonchev–Trinajstić information content (AvgIpc) is 1.67. The molecule has 0 amide bonds. The van der Waals surface area contributed by atoms with Gasteiger partial charge in [-0.2, -0.15) is 0 Å². The van der Waals surface area contributed by atoms with Crippen molar-refractivity contribution in [2.24, 2.45) is 17.8 Å². The van der Waals surface area contributed by atoms with Crippen LogP contribution in [-0.2, 0) is 69.1 Å². The molecule has 108 heavy (non-hydrogen) atoms. The lowest BCUT2D eigenvalue weighted by molar-refractivity contribution is -0.950. The van der Waals surface area contributed by atoms with Crippen molar-refractivity contribution in [2.45, 2.75) is 254 Å². The molecule has 0 aromatic heterocycles. The summed E-state index contributed by atoms with van der Waals surface area (Å²) in [5.74, 6) is -2.94. The third-order valence-electron chi connectivity index (χ3n) is 29.1. The maximum absolute atomic E-state index is 13.2. The summed E-state index contributed by atoms with van der Waals surface area (Å²) in [6, 6.07) is 8.14. The van der Waals surface area contributed by atoms with Crippen molar-refractivity contribution in [3.63, 3.8) is 0 Å².